The first-order valence-corrected chi connectivity index (χ1v) is 5.56. The Hall–Kier alpha value is -1.74. The van der Waals surface area contributed by atoms with Crippen LogP contribution in [0.4, 0.5) is 0 Å². The van der Waals surface area contributed by atoms with Crippen LogP contribution in [0.2, 0.25) is 5.02 Å². The molecule has 0 radical (unpaired) electrons. The normalized spacial score (nSPS) is 10.3. The quantitative estimate of drug-likeness (QED) is 0.764. The Labute approximate surface area is 104 Å². The van der Waals surface area contributed by atoms with E-state index in [0.29, 0.717) is 10.7 Å². The predicted octanol–water partition coefficient (Wildman–Crippen LogP) is 3.31. The van der Waals surface area contributed by atoms with Gasteiger partial charge in [0.15, 0.2) is 11.6 Å². The van der Waals surface area contributed by atoms with Gasteiger partial charge in [0.1, 0.15) is 0 Å². The molecule has 0 atom stereocenters. The average Bonchev–Trinajstić information content (AvgIpc) is 2.32. The third kappa shape index (κ3) is 2.50. The summed E-state index contributed by atoms with van der Waals surface area (Å²) >= 11 is 6.12. The molecule has 0 amide bonds. The van der Waals surface area contributed by atoms with Crippen molar-refractivity contribution in [3.8, 4) is 11.3 Å². The first-order valence-electron chi connectivity index (χ1n) is 5.18. The van der Waals surface area contributed by atoms with E-state index in [1.54, 1.807) is 12.3 Å². The number of hydrogen-bond acceptors (Lipinski definition) is 3. The Morgan fingerprint density at radius 2 is 2.06 bits per heavy atom. The summed E-state index contributed by atoms with van der Waals surface area (Å²) in [6.07, 6.45) is 1.57. The van der Waals surface area contributed by atoms with E-state index < -0.39 is 0 Å². The van der Waals surface area contributed by atoms with Gasteiger partial charge in [-0.2, -0.15) is 0 Å². The van der Waals surface area contributed by atoms with Crippen molar-refractivity contribution in [1.82, 2.24) is 9.97 Å². The second kappa shape index (κ2) is 4.63. The van der Waals surface area contributed by atoms with Gasteiger partial charge in [-0.25, -0.2) is 9.97 Å². The van der Waals surface area contributed by atoms with Crippen molar-refractivity contribution >= 4 is 17.4 Å². The largest absolute Gasteiger partial charge is 0.291 e. The molecule has 0 bridgehead atoms. The molecule has 1 aromatic carbocycles. The summed E-state index contributed by atoms with van der Waals surface area (Å²) in [4.78, 5) is 19.3. The van der Waals surface area contributed by atoms with Crippen LogP contribution in [0.25, 0.3) is 11.3 Å². The molecule has 1 heterocycles. The lowest BCUT2D eigenvalue weighted by molar-refractivity contribution is 0.100. The zero-order chi connectivity index (χ0) is 12.4. The van der Waals surface area contributed by atoms with Crippen molar-refractivity contribution < 1.29 is 4.79 Å². The summed E-state index contributed by atoms with van der Waals surface area (Å²) in [5.41, 5.74) is 2.57. The van der Waals surface area contributed by atoms with Crippen LogP contribution >= 0.6 is 11.6 Å². The Kier molecular flexibility index (Phi) is 3.20. The molecular weight excluding hydrogens is 236 g/mol. The van der Waals surface area contributed by atoms with Crippen LogP contribution in [0, 0.1) is 6.92 Å². The van der Waals surface area contributed by atoms with Crippen LogP contribution in [0.5, 0.6) is 0 Å². The lowest BCUT2D eigenvalue weighted by Crippen LogP contribution is -2.01. The maximum atomic E-state index is 11.2. The van der Waals surface area contributed by atoms with E-state index in [2.05, 4.69) is 9.97 Å². The highest BCUT2D eigenvalue weighted by Crippen LogP contribution is 2.27. The Balaban J connectivity index is 2.56. The van der Waals surface area contributed by atoms with Gasteiger partial charge in [-0.1, -0.05) is 23.2 Å². The number of carbonyl (C=O) groups excluding carboxylic acids is 1. The summed E-state index contributed by atoms with van der Waals surface area (Å²) in [6, 6.07) is 7.43. The second-order valence-corrected chi connectivity index (χ2v) is 4.21. The minimum Gasteiger partial charge on any atom is -0.291 e. The number of nitrogens with zero attached hydrogens (tertiary/aromatic N) is 2. The molecule has 0 aliphatic carbocycles. The van der Waals surface area contributed by atoms with Gasteiger partial charge in [0.25, 0.3) is 0 Å². The van der Waals surface area contributed by atoms with Gasteiger partial charge in [-0.15, -0.1) is 0 Å². The average molecular weight is 247 g/mol. The van der Waals surface area contributed by atoms with Gasteiger partial charge < -0.3 is 0 Å². The number of Topliss-reactive ketones (excluding diaryl/α,β-unsaturated/α-hetero) is 1. The molecule has 4 heteroatoms. The van der Waals surface area contributed by atoms with Crippen molar-refractivity contribution in [3.05, 3.63) is 46.9 Å². The van der Waals surface area contributed by atoms with Crippen LogP contribution in [-0.2, 0) is 0 Å². The minimum atomic E-state index is -0.157. The lowest BCUT2D eigenvalue weighted by atomic mass is 10.1. The van der Waals surface area contributed by atoms with Crippen LogP contribution in [0.15, 0.2) is 30.5 Å². The fraction of sp³-hybridized carbons (Fsp3) is 0.154. The van der Waals surface area contributed by atoms with Crippen LogP contribution in [0.3, 0.4) is 0 Å². The number of ketones is 1. The zero-order valence-corrected chi connectivity index (χ0v) is 10.3. The fourth-order valence-electron chi connectivity index (χ4n) is 1.51. The molecule has 0 aliphatic heterocycles. The minimum absolute atomic E-state index is 0.157. The van der Waals surface area contributed by atoms with Crippen LogP contribution < -0.4 is 0 Å². The molecular formula is C13H11ClN2O. The van der Waals surface area contributed by atoms with E-state index in [1.165, 1.54) is 6.92 Å². The third-order valence-corrected chi connectivity index (χ3v) is 2.70. The van der Waals surface area contributed by atoms with Crippen LogP contribution in [-0.4, -0.2) is 15.8 Å². The Bertz CT molecular complexity index is 581. The number of aryl methyl sites for hydroxylation is 1. The second-order valence-electron chi connectivity index (χ2n) is 3.80. The molecule has 1 aromatic heterocycles. The van der Waals surface area contributed by atoms with E-state index in [9.17, 15) is 4.79 Å². The predicted molar refractivity (Wildman–Crippen MR) is 67.2 cm³/mol. The Morgan fingerprint density at radius 1 is 1.29 bits per heavy atom. The number of carbonyl (C=O) groups is 1. The number of halogens is 1. The van der Waals surface area contributed by atoms with Crippen LogP contribution in [0.1, 0.15) is 23.1 Å². The molecule has 0 saturated carbocycles. The van der Waals surface area contributed by atoms with Gasteiger partial charge in [-0.3, -0.25) is 4.79 Å². The molecule has 0 spiro atoms. The molecule has 0 aliphatic rings. The smallest absolute Gasteiger partial charge is 0.196 e. The first-order chi connectivity index (χ1) is 8.08. The summed E-state index contributed by atoms with van der Waals surface area (Å²) in [5, 5.41) is 0.615. The highest BCUT2D eigenvalue weighted by Gasteiger charge is 2.08. The number of rotatable bonds is 2. The van der Waals surface area contributed by atoms with E-state index in [-0.39, 0.29) is 11.6 Å². The monoisotopic (exact) mass is 246 g/mol. The summed E-state index contributed by atoms with van der Waals surface area (Å²) in [7, 11) is 0. The summed E-state index contributed by atoms with van der Waals surface area (Å²) in [5.74, 6) is 0.0516. The van der Waals surface area contributed by atoms with Crippen molar-refractivity contribution in [3.63, 3.8) is 0 Å². The highest BCUT2D eigenvalue weighted by atomic mass is 35.5. The molecule has 0 unspecified atom stereocenters. The van der Waals surface area contributed by atoms with E-state index >= 15 is 0 Å². The highest BCUT2D eigenvalue weighted by molar-refractivity contribution is 6.33. The maximum Gasteiger partial charge on any atom is 0.196 e. The molecule has 2 rings (SSSR count). The fourth-order valence-corrected chi connectivity index (χ4v) is 1.73. The third-order valence-electron chi connectivity index (χ3n) is 2.37. The number of aromatic nitrogens is 2. The molecule has 0 N–H and O–H groups in total. The summed E-state index contributed by atoms with van der Waals surface area (Å²) < 4.78 is 0. The van der Waals surface area contributed by atoms with Crippen molar-refractivity contribution in [2.24, 2.45) is 0 Å². The molecule has 17 heavy (non-hydrogen) atoms. The molecule has 86 valence electrons. The van der Waals surface area contributed by atoms with Crippen molar-refractivity contribution in [1.29, 1.82) is 0 Å². The maximum absolute atomic E-state index is 11.2. The lowest BCUT2D eigenvalue weighted by Gasteiger charge is -2.05. The molecule has 2 aromatic rings. The molecule has 3 nitrogen and oxygen atoms in total. The Morgan fingerprint density at radius 3 is 2.76 bits per heavy atom. The van der Waals surface area contributed by atoms with Gasteiger partial charge in [0.05, 0.1) is 5.69 Å². The molecule has 0 saturated heterocycles. The van der Waals surface area contributed by atoms with Gasteiger partial charge >= 0.3 is 0 Å². The van der Waals surface area contributed by atoms with Gasteiger partial charge in [0, 0.05) is 23.7 Å². The van der Waals surface area contributed by atoms with E-state index in [4.69, 9.17) is 11.6 Å². The first kappa shape index (κ1) is 11.7. The van der Waals surface area contributed by atoms with Crippen molar-refractivity contribution in [2.45, 2.75) is 13.8 Å². The number of hydrogen-bond donors (Lipinski definition) is 0. The molecule has 0 fully saturated rings. The van der Waals surface area contributed by atoms with E-state index in [1.807, 2.05) is 25.1 Å². The standard InChI is InChI=1S/C13H11ClN2O/c1-8-3-4-11(14)10(7-8)12-5-6-15-13(16-12)9(2)17/h3-7H,1-2H3. The zero-order valence-electron chi connectivity index (χ0n) is 9.57. The topological polar surface area (TPSA) is 42.9 Å². The van der Waals surface area contributed by atoms with Gasteiger partial charge in [-0.05, 0) is 25.1 Å². The SMILES string of the molecule is CC(=O)c1nccc(-c2cc(C)ccc2Cl)n1. The van der Waals surface area contributed by atoms with Crippen molar-refractivity contribution in [2.75, 3.05) is 0 Å². The summed E-state index contributed by atoms with van der Waals surface area (Å²) in [6.45, 7) is 3.42. The van der Waals surface area contributed by atoms with Gasteiger partial charge in [0.2, 0.25) is 0 Å². The number of benzene rings is 1. The van der Waals surface area contributed by atoms with E-state index in [0.717, 1.165) is 11.1 Å².